The molecule has 4 saturated carbocycles. The highest BCUT2D eigenvalue weighted by atomic mass is 32.2. The zero-order valence-electron chi connectivity index (χ0n) is 14.8. The predicted molar refractivity (Wildman–Crippen MR) is 93.1 cm³/mol. The molecular weight excluding hydrogens is 374 g/mol. The van der Waals surface area contributed by atoms with Crippen LogP contribution in [-0.4, -0.2) is 32.5 Å². The Bertz CT molecular complexity index is 866. The van der Waals surface area contributed by atoms with Crippen molar-refractivity contribution in [2.75, 3.05) is 7.11 Å². The van der Waals surface area contributed by atoms with E-state index in [1.165, 1.54) is 19.2 Å². The minimum atomic E-state index is -4.08. The summed E-state index contributed by atoms with van der Waals surface area (Å²) in [7, 11) is -2.72. The van der Waals surface area contributed by atoms with Gasteiger partial charge in [0.15, 0.2) is 0 Å². The van der Waals surface area contributed by atoms with E-state index in [-0.39, 0.29) is 40.2 Å². The largest absolute Gasteiger partial charge is 0.469 e. The fourth-order valence-electron chi connectivity index (χ4n) is 5.45. The Hall–Kier alpha value is -2.00. The van der Waals surface area contributed by atoms with Crippen LogP contribution in [0.1, 0.15) is 25.7 Å². The number of hydrogen-bond donors (Lipinski definition) is 0. The molecule has 0 N–H and O–H groups in total. The Labute approximate surface area is 157 Å². The SMILES string of the molecule is COC(=O)[C@H]1[C@H]2C[C@@H]3C[C@@H](C2)[C@@H](OS(=O)(=O)c2ccc([N+](=O)[O-])cc2)[C@@H]1C3. The van der Waals surface area contributed by atoms with Crippen molar-refractivity contribution >= 4 is 21.8 Å². The molecule has 0 radical (unpaired) electrons. The van der Waals surface area contributed by atoms with E-state index in [9.17, 15) is 23.3 Å². The lowest BCUT2D eigenvalue weighted by Gasteiger charge is -2.56. The van der Waals surface area contributed by atoms with Crippen molar-refractivity contribution in [3.05, 3.63) is 34.4 Å². The highest BCUT2D eigenvalue weighted by Crippen LogP contribution is 2.58. The molecule has 8 nitrogen and oxygen atoms in total. The molecule has 0 aromatic heterocycles. The monoisotopic (exact) mass is 395 g/mol. The Balaban J connectivity index is 1.59. The maximum atomic E-state index is 12.7. The third-order valence-corrected chi connectivity index (χ3v) is 7.71. The first-order chi connectivity index (χ1) is 12.8. The molecule has 146 valence electrons. The lowest BCUT2D eigenvalue weighted by Crippen LogP contribution is -2.57. The third kappa shape index (κ3) is 3.12. The summed E-state index contributed by atoms with van der Waals surface area (Å²) in [6.07, 6.45) is 2.90. The van der Waals surface area contributed by atoms with Gasteiger partial charge in [0.25, 0.3) is 15.8 Å². The van der Waals surface area contributed by atoms with E-state index in [4.69, 9.17) is 8.92 Å². The van der Waals surface area contributed by atoms with Gasteiger partial charge in [0.1, 0.15) is 0 Å². The molecule has 4 fully saturated rings. The second-order valence-corrected chi connectivity index (χ2v) is 9.38. The van der Waals surface area contributed by atoms with Gasteiger partial charge in [-0.15, -0.1) is 0 Å². The maximum absolute atomic E-state index is 12.7. The summed E-state index contributed by atoms with van der Waals surface area (Å²) in [5, 5.41) is 10.8. The van der Waals surface area contributed by atoms with Crippen LogP contribution >= 0.6 is 0 Å². The van der Waals surface area contributed by atoms with Gasteiger partial charge in [-0.05, 0) is 55.6 Å². The summed E-state index contributed by atoms with van der Waals surface area (Å²) in [5.41, 5.74) is -0.186. The van der Waals surface area contributed by atoms with Gasteiger partial charge in [0.05, 0.1) is 29.0 Å². The number of nitrogens with zero attached hydrogens (tertiary/aromatic N) is 1. The van der Waals surface area contributed by atoms with Crippen LogP contribution in [-0.2, 0) is 23.8 Å². The fourth-order valence-corrected chi connectivity index (χ4v) is 6.62. The van der Waals surface area contributed by atoms with Crippen LogP contribution in [0.4, 0.5) is 5.69 Å². The van der Waals surface area contributed by atoms with Crippen molar-refractivity contribution < 1.29 is 27.1 Å². The number of hydrogen-bond acceptors (Lipinski definition) is 7. The molecule has 6 atom stereocenters. The average Bonchev–Trinajstić information content (AvgIpc) is 2.64. The first-order valence-electron chi connectivity index (χ1n) is 9.05. The standard InChI is InChI=1S/C18H21NO7S/c1-25-18(20)16-11-6-10-7-12(9-11)17(15(16)8-10)26-27(23,24)14-4-2-13(3-5-14)19(21)22/h2-5,10-12,15-17H,6-9H2,1H3/t10-,11+,12+,15-,16+,17-/m1/s1. The highest BCUT2D eigenvalue weighted by molar-refractivity contribution is 7.86. The Kier molecular flexibility index (Phi) is 4.46. The quantitative estimate of drug-likeness (QED) is 0.326. The molecule has 5 rings (SSSR count). The van der Waals surface area contributed by atoms with Crippen LogP contribution in [0.2, 0.25) is 0 Å². The number of ether oxygens (including phenoxy) is 1. The van der Waals surface area contributed by atoms with Gasteiger partial charge in [0.2, 0.25) is 0 Å². The molecular formula is C18H21NO7S. The molecule has 0 heterocycles. The number of non-ortho nitro benzene ring substituents is 1. The number of nitro benzene ring substituents is 1. The van der Waals surface area contributed by atoms with Gasteiger partial charge < -0.3 is 4.74 Å². The fraction of sp³-hybridized carbons (Fsp3) is 0.611. The van der Waals surface area contributed by atoms with E-state index in [0.717, 1.165) is 37.8 Å². The minimum Gasteiger partial charge on any atom is -0.469 e. The first kappa shape index (κ1) is 18.4. The molecule has 1 aromatic rings. The van der Waals surface area contributed by atoms with E-state index in [2.05, 4.69) is 0 Å². The zero-order valence-corrected chi connectivity index (χ0v) is 15.6. The molecule has 0 saturated heterocycles. The highest BCUT2D eigenvalue weighted by Gasteiger charge is 2.57. The van der Waals surface area contributed by atoms with Crippen molar-refractivity contribution in [3.8, 4) is 0 Å². The van der Waals surface area contributed by atoms with Crippen molar-refractivity contribution in [1.82, 2.24) is 0 Å². The maximum Gasteiger partial charge on any atom is 0.309 e. The van der Waals surface area contributed by atoms with Crippen molar-refractivity contribution in [2.24, 2.45) is 29.6 Å². The van der Waals surface area contributed by atoms with E-state index in [1.54, 1.807) is 0 Å². The van der Waals surface area contributed by atoms with E-state index in [0.29, 0.717) is 5.92 Å². The van der Waals surface area contributed by atoms with E-state index >= 15 is 0 Å². The molecule has 0 spiro atoms. The molecule has 1 aromatic carbocycles. The number of esters is 1. The smallest absolute Gasteiger partial charge is 0.309 e. The van der Waals surface area contributed by atoms with Crippen LogP contribution in [0.5, 0.6) is 0 Å². The molecule has 0 unspecified atom stereocenters. The molecule has 27 heavy (non-hydrogen) atoms. The molecule has 0 amide bonds. The summed E-state index contributed by atoms with van der Waals surface area (Å²) in [6.45, 7) is 0. The van der Waals surface area contributed by atoms with Crippen molar-refractivity contribution in [3.63, 3.8) is 0 Å². The van der Waals surface area contributed by atoms with Gasteiger partial charge in [-0.3, -0.25) is 19.1 Å². The van der Waals surface area contributed by atoms with Crippen LogP contribution in [0, 0.1) is 39.7 Å². The number of carbonyl (C=O) groups is 1. The number of rotatable bonds is 5. The molecule has 4 aliphatic carbocycles. The van der Waals surface area contributed by atoms with E-state index in [1.807, 2.05) is 0 Å². The van der Waals surface area contributed by atoms with Gasteiger partial charge in [-0.1, -0.05) is 0 Å². The lowest BCUT2D eigenvalue weighted by molar-refractivity contribution is -0.384. The lowest BCUT2D eigenvalue weighted by atomic mass is 9.50. The van der Waals surface area contributed by atoms with Crippen molar-refractivity contribution in [1.29, 1.82) is 0 Å². The summed E-state index contributed by atoms with van der Waals surface area (Å²) in [4.78, 5) is 22.3. The normalized spacial score (nSPS) is 34.4. The van der Waals surface area contributed by atoms with Gasteiger partial charge >= 0.3 is 5.97 Å². The number of benzene rings is 1. The summed E-state index contributed by atoms with van der Waals surface area (Å²) < 4.78 is 36.1. The van der Waals surface area contributed by atoms with Gasteiger partial charge in [0, 0.05) is 18.1 Å². The number of carbonyl (C=O) groups excluding carboxylic acids is 1. The zero-order chi connectivity index (χ0) is 19.3. The second kappa shape index (κ2) is 6.56. The Morgan fingerprint density at radius 3 is 2.41 bits per heavy atom. The molecule has 9 heteroatoms. The van der Waals surface area contributed by atoms with Crippen LogP contribution in [0.15, 0.2) is 29.2 Å². The van der Waals surface area contributed by atoms with Gasteiger partial charge in [-0.25, -0.2) is 0 Å². The minimum absolute atomic E-state index is 0.112. The first-order valence-corrected chi connectivity index (χ1v) is 10.5. The number of methoxy groups -OCH3 is 1. The molecule has 4 aliphatic rings. The predicted octanol–water partition coefficient (Wildman–Crippen LogP) is 2.52. The Morgan fingerprint density at radius 2 is 1.78 bits per heavy atom. The summed E-state index contributed by atoms with van der Waals surface area (Å²) in [5.74, 6) is 0.0937. The summed E-state index contributed by atoms with van der Waals surface area (Å²) in [6, 6.07) is 4.65. The van der Waals surface area contributed by atoms with Crippen LogP contribution in [0.3, 0.4) is 0 Å². The van der Waals surface area contributed by atoms with Crippen molar-refractivity contribution in [2.45, 2.75) is 36.7 Å². The van der Waals surface area contributed by atoms with Crippen LogP contribution in [0.25, 0.3) is 0 Å². The third-order valence-electron chi connectivity index (χ3n) is 6.39. The molecule has 0 aliphatic heterocycles. The second-order valence-electron chi connectivity index (χ2n) is 7.81. The van der Waals surface area contributed by atoms with Gasteiger partial charge in [-0.2, -0.15) is 8.42 Å². The topological polar surface area (TPSA) is 113 Å². The Morgan fingerprint density at radius 1 is 1.11 bits per heavy atom. The number of nitro groups is 1. The van der Waals surface area contributed by atoms with E-state index < -0.39 is 21.1 Å². The van der Waals surface area contributed by atoms with Crippen LogP contribution < -0.4 is 0 Å². The average molecular weight is 395 g/mol. The molecule has 4 bridgehead atoms. The summed E-state index contributed by atoms with van der Waals surface area (Å²) >= 11 is 0.